The number of ketones is 1. The molecule has 23 heavy (non-hydrogen) atoms. The van der Waals surface area contributed by atoms with Gasteiger partial charge < -0.3 is 5.11 Å². The van der Waals surface area contributed by atoms with Crippen molar-refractivity contribution >= 4 is 5.78 Å². The number of hydrogen-bond acceptors (Lipinski definition) is 2. The fourth-order valence-electron chi connectivity index (χ4n) is 3.90. The predicted molar refractivity (Wildman–Crippen MR) is 94.3 cm³/mol. The Hall–Kier alpha value is -0.860. The first-order chi connectivity index (χ1) is 10.7. The van der Waals surface area contributed by atoms with Gasteiger partial charge in [0.2, 0.25) is 0 Å². The molecule has 0 bridgehead atoms. The Bertz CT molecular complexity index is 406. The number of aliphatic hydroxyl groups excluding tert-OH is 1. The summed E-state index contributed by atoms with van der Waals surface area (Å²) < 4.78 is 13.8. The zero-order valence-electron chi connectivity index (χ0n) is 15.6. The Morgan fingerprint density at radius 1 is 1.26 bits per heavy atom. The Kier molecular flexibility index (Phi) is 7.29. The minimum atomic E-state index is -1.34. The highest BCUT2D eigenvalue weighted by atomic mass is 19.1. The Labute approximate surface area is 141 Å². The average Bonchev–Trinajstić information content (AvgIpc) is 2.51. The summed E-state index contributed by atoms with van der Waals surface area (Å²) in [4.78, 5) is 12.5. The van der Waals surface area contributed by atoms with Crippen molar-refractivity contribution in [3.05, 3.63) is 11.8 Å². The van der Waals surface area contributed by atoms with Crippen LogP contribution in [0.25, 0.3) is 0 Å². The molecule has 0 amide bonds. The summed E-state index contributed by atoms with van der Waals surface area (Å²) in [6.45, 7) is 9.42. The lowest BCUT2D eigenvalue weighted by molar-refractivity contribution is -0.120. The highest BCUT2D eigenvalue weighted by Crippen LogP contribution is 2.44. The van der Waals surface area contributed by atoms with Gasteiger partial charge in [-0.3, -0.25) is 4.79 Å². The van der Waals surface area contributed by atoms with E-state index in [4.69, 9.17) is 0 Å². The minimum Gasteiger partial charge on any atom is -0.512 e. The number of alkyl halides is 1. The second kappa shape index (κ2) is 8.30. The van der Waals surface area contributed by atoms with Crippen LogP contribution in [0.4, 0.5) is 4.39 Å². The zero-order chi connectivity index (χ0) is 17.7. The molecular weight excluding hydrogens is 291 g/mol. The molecule has 0 aliphatic heterocycles. The van der Waals surface area contributed by atoms with Crippen LogP contribution in [0.15, 0.2) is 11.8 Å². The lowest BCUT2D eigenvalue weighted by atomic mass is 9.66. The van der Waals surface area contributed by atoms with E-state index in [2.05, 4.69) is 13.8 Å². The molecule has 1 aliphatic carbocycles. The molecule has 0 radical (unpaired) electrons. The van der Waals surface area contributed by atoms with E-state index in [-0.39, 0.29) is 29.8 Å². The number of rotatable bonds is 8. The first-order valence-corrected chi connectivity index (χ1v) is 9.29. The molecule has 1 unspecified atom stereocenters. The van der Waals surface area contributed by atoms with E-state index < -0.39 is 5.67 Å². The van der Waals surface area contributed by atoms with Gasteiger partial charge in [-0.15, -0.1) is 0 Å². The molecule has 1 aliphatic rings. The molecule has 0 saturated heterocycles. The maximum atomic E-state index is 13.8. The van der Waals surface area contributed by atoms with E-state index >= 15 is 0 Å². The molecule has 1 saturated carbocycles. The summed E-state index contributed by atoms with van der Waals surface area (Å²) in [5.41, 5.74) is -0.926. The van der Waals surface area contributed by atoms with Gasteiger partial charge >= 0.3 is 0 Å². The van der Waals surface area contributed by atoms with Crippen LogP contribution in [0.3, 0.4) is 0 Å². The molecule has 2 nitrogen and oxygen atoms in total. The van der Waals surface area contributed by atoms with E-state index in [1.54, 1.807) is 0 Å². The largest absolute Gasteiger partial charge is 0.512 e. The van der Waals surface area contributed by atoms with Gasteiger partial charge in [-0.1, -0.05) is 33.6 Å². The first kappa shape index (κ1) is 20.2. The van der Waals surface area contributed by atoms with Gasteiger partial charge in [0.1, 0.15) is 5.67 Å². The lowest BCUT2D eigenvalue weighted by Crippen LogP contribution is -2.29. The van der Waals surface area contributed by atoms with Crippen LogP contribution < -0.4 is 0 Å². The summed E-state index contributed by atoms with van der Waals surface area (Å²) in [6.07, 6.45) is 8.64. The van der Waals surface area contributed by atoms with Gasteiger partial charge in [0.05, 0.1) is 5.76 Å². The quantitative estimate of drug-likeness (QED) is 0.428. The Balaban J connectivity index is 2.67. The van der Waals surface area contributed by atoms with Crippen LogP contribution in [0.1, 0.15) is 86.0 Å². The fraction of sp³-hybridized carbons (Fsp3) is 0.850. The second-order valence-corrected chi connectivity index (χ2v) is 7.98. The van der Waals surface area contributed by atoms with Gasteiger partial charge in [0.15, 0.2) is 5.78 Å². The summed E-state index contributed by atoms with van der Waals surface area (Å²) in [5, 5.41) is 10.2. The normalized spacial score (nSPS) is 21.2. The topological polar surface area (TPSA) is 37.3 Å². The fourth-order valence-corrected chi connectivity index (χ4v) is 3.90. The third-order valence-electron chi connectivity index (χ3n) is 5.88. The summed E-state index contributed by atoms with van der Waals surface area (Å²) in [5.74, 6) is -0.156. The molecule has 0 aromatic carbocycles. The van der Waals surface area contributed by atoms with Gasteiger partial charge in [0.25, 0.3) is 0 Å². The van der Waals surface area contributed by atoms with E-state index in [1.165, 1.54) is 32.8 Å². The average molecular weight is 326 g/mol. The predicted octanol–water partition coefficient (Wildman–Crippen LogP) is 6.16. The molecule has 1 N–H and O–H groups in total. The van der Waals surface area contributed by atoms with Crippen LogP contribution in [0.2, 0.25) is 0 Å². The zero-order valence-corrected chi connectivity index (χ0v) is 15.6. The SMILES string of the molecule is CCC(CC(C)(C)F)C(O)=CC(=O)C1CCC(CC)(CC)CC1. The van der Waals surface area contributed by atoms with Gasteiger partial charge in [-0.05, 0) is 57.8 Å². The molecule has 0 heterocycles. The maximum Gasteiger partial charge on any atom is 0.162 e. The summed E-state index contributed by atoms with van der Waals surface area (Å²) in [6, 6.07) is 0. The number of aliphatic hydroxyl groups is 1. The van der Waals surface area contributed by atoms with E-state index in [1.807, 2.05) is 6.92 Å². The number of carbonyl (C=O) groups is 1. The van der Waals surface area contributed by atoms with Crippen LogP contribution >= 0.6 is 0 Å². The Morgan fingerprint density at radius 2 is 1.78 bits per heavy atom. The van der Waals surface area contributed by atoms with E-state index in [9.17, 15) is 14.3 Å². The van der Waals surface area contributed by atoms with Crippen molar-refractivity contribution in [3.63, 3.8) is 0 Å². The number of allylic oxidation sites excluding steroid dienone is 2. The van der Waals surface area contributed by atoms with E-state index in [0.29, 0.717) is 11.8 Å². The third kappa shape index (κ3) is 5.93. The van der Waals surface area contributed by atoms with Gasteiger partial charge in [-0.2, -0.15) is 0 Å². The molecule has 0 aromatic rings. The van der Waals surface area contributed by atoms with E-state index in [0.717, 1.165) is 25.7 Å². The molecular formula is C20H35FO2. The number of hydrogen-bond donors (Lipinski definition) is 1. The van der Waals surface area contributed by atoms with Crippen molar-refractivity contribution in [2.24, 2.45) is 17.3 Å². The highest BCUT2D eigenvalue weighted by molar-refractivity contribution is 5.92. The standard InChI is InChI=1S/C20H35FO2/c1-6-15(14-19(4,5)21)17(22)13-18(23)16-9-11-20(7-2,8-3)12-10-16/h13,15-16,22H,6-12,14H2,1-5H3. The lowest BCUT2D eigenvalue weighted by Gasteiger charge is -2.38. The first-order valence-electron chi connectivity index (χ1n) is 9.29. The van der Waals surface area contributed by atoms with Crippen LogP contribution in [0, 0.1) is 17.3 Å². The summed E-state index contributed by atoms with van der Waals surface area (Å²) in [7, 11) is 0. The van der Waals surface area contributed by atoms with Crippen LogP contribution in [-0.4, -0.2) is 16.6 Å². The third-order valence-corrected chi connectivity index (χ3v) is 5.88. The van der Waals surface area contributed by atoms with Crippen molar-refractivity contribution in [1.82, 2.24) is 0 Å². The van der Waals surface area contributed by atoms with Crippen molar-refractivity contribution in [2.45, 2.75) is 91.7 Å². The smallest absolute Gasteiger partial charge is 0.162 e. The number of carbonyl (C=O) groups excluding carboxylic acids is 1. The maximum absolute atomic E-state index is 13.8. The van der Waals surface area contributed by atoms with Crippen LogP contribution in [0.5, 0.6) is 0 Å². The molecule has 0 aromatic heterocycles. The molecule has 3 heteroatoms. The summed E-state index contributed by atoms with van der Waals surface area (Å²) >= 11 is 0. The molecule has 0 spiro atoms. The van der Waals surface area contributed by atoms with Crippen molar-refractivity contribution in [3.8, 4) is 0 Å². The van der Waals surface area contributed by atoms with Gasteiger partial charge in [-0.25, -0.2) is 4.39 Å². The molecule has 134 valence electrons. The van der Waals surface area contributed by atoms with Crippen LogP contribution in [-0.2, 0) is 4.79 Å². The second-order valence-electron chi connectivity index (χ2n) is 7.98. The van der Waals surface area contributed by atoms with Crippen molar-refractivity contribution < 1.29 is 14.3 Å². The molecule has 1 rings (SSSR count). The monoisotopic (exact) mass is 326 g/mol. The minimum absolute atomic E-state index is 0.0263. The highest BCUT2D eigenvalue weighted by Gasteiger charge is 2.34. The van der Waals surface area contributed by atoms with Crippen molar-refractivity contribution in [1.29, 1.82) is 0 Å². The Morgan fingerprint density at radius 3 is 2.17 bits per heavy atom. The number of halogens is 1. The van der Waals surface area contributed by atoms with Crippen molar-refractivity contribution in [2.75, 3.05) is 0 Å². The molecule has 1 fully saturated rings. The molecule has 1 atom stereocenters. The van der Waals surface area contributed by atoms with Gasteiger partial charge in [0, 0.05) is 17.9 Å².